The van der Waals surface area contributed by atoms with Gasteiger partial charge in [0.15, 0.2) is 5.65 Å². The smallest absolute Gasteiger partial charge is 0.251 e. The number of carbonyl (C=O) groups is 1. The molecule has 8 heteroatoms. The van der Waals surface area contributed by atoms with Crippen molar-refractivity contribution in [2.75, 3.05) is 24.7 Å². The van der Waals surface area contributed by atoms with Crippen molar-refractivity contribution < 1.29 is 4.79 Å². The van der Waals surface area contributed by atoms with Crippen LogP contribution in [0.3, 0.4) is 0 Å². The normalized spacial score (nSPS) is 10.9. The Morgan fingerprint density at radius 3 is 2.67 bits per heavy atom. The van der Waals surface area contributed by atoms with Crippen LogP contribution in [0.4, 0.5) is 11.6 Å². The molecule has 30 heavy (non-hydrogen) atoms. The quantitative estimate of drug-likeness (QED) is 0.397. The van der Waals surface area contributed by atoms with Crippen LogP contribution in [0.2, 0.25) is 0 Å². The molecule has 152 valence electrons. The molecule has 2 aromatic carbocycles. The predicted octanol–water partition coefficient (Wildman–Crippen LogP) is 3.55. The Kier molecular flexibility index (Phi) is 5.97. The summed E-state index contributed by atoms with van der Waals surface area (Å²) in [6.07, 6.45) is 2.06. The number of hydrogen-bond acceptors (Lipinski definition) is 6. The molecule has 0 spiro atoms. The Balaban J connectivity index is 1.58. The molecule has 2 heterocycles. The van der Waals surface area contributed by atoms with Crippen molar-refractivity contribution in [2.45, 2.75) is 4.90 Å². The summed E-state index contributed by atoms with van der Waals surface area (Å²) in [5.74, 6) is 0.346. The lowest BCUT2D eigenvalue weighted by Gasteiger charge is -2.06. The van der Waals surface area contributed by atoms with Crippen molar-refractivity contribution >= 4 is 35.0 Å². The number of anilines is 2. The Morgan fingerprint density at radius 1 is 1.10 bits per heavy atom. The number of amides is 1. The second-order valence-electron chi connectivity index (χ2n) is 6.60. The van der Waals surface area contributed by atoms with Gasteiger partial charge in [-0.3, -0.25) is 4.79 Å². The van der Waals surface area contributed by atoms with Crippen molar-refractivity contribution in [1.29, 1.82) is 0 Å². The van der Waals surface area contributed by atoms with Crippen molar-refractivity contribution in [3.63, 3.8) is 0 Å². The van der Waals surface area contributed by atoms with Crippen LogP contribution in [0, 0.1) is 0 Å². The number of fused-ring (bicyclic) bond motifs is 1. The van der Waals surface area contributed by atoms with Gasteiger partial charge in [0.25, 0.3) is 5.91 Å². The fourth-order valence-electron chi connectivity index (χ4n) is 3.08. The SMILES string of the molecule is CSc1cccc(-c2cccc3nc(Nc4ccc(C(=O)NCCN)cc4)nn23)c1. The lowest BCUT2D eigenvalue weighted by atomic mass is 10.1. The third kappa shape index (κ3) is 4.29. The molecule has 4 N–H and O–H groups in total. The highest BCUT2D eigenvalue weighted by Crippen LogP contribution is 2.25. The maximum absolute atomic E-state index is 12.0. The van der Waals surface area contributed by atoms with Crippen LogP contribution in [-0.4, -0.2) is 39.9 Å². The molecular weight excluding hydrogens is 396 g/mol. The van der Waals surface area contributed by atoms with Crippen LogP contribution < -0.4 is 16.4 Å². The fourth-order valence-corrected chi connectivity index (χ4v) is 3.54. The Bertz CT molecular complexity index is 1170. The van der Waals surface area contributed by atoms with E-state index in [9.17, 15) is 4.79 Å². The van der Waals surface area contributed by atoms with Gasteiger partial charge in [0.05, 0.1) is 5.69 Å². The van der Waals surface area contributed by atoms with Gasteiger partial charge in [-0.2, -0.15) is 4.98 Å². The summed E-state index contributed by atoms with van der Waals surface area (Å²) in [5, 5.41) is 10.6. The number of nitrogens with two attached hydrogens (primary N) is 1. The minimum atomic E-state index is -0.144. The second-order valence-corrected chi connectivity index (χ2v) is 7.47. The zero-order chi connectivity index (χ0) is 20.9. The van der Waals surface area contributed by atoms with Crippen LogP contribution in [0.15, 0.2) is 71.6 Å². The molecule has 0 aliphatic carbocycles. The van der Waals surface area contributed by atoms with Gasteiger partial charge < -0.3 is 16.4 Å². The molecule has 0 unspecified atom stereocenters. The molecule has 0 fully saturated rings. The van der Waals surface area contributed by atoms with Crippen LogP contribution in [0.5, 0.6) is 0 Å². The summed E-state index contributed by atoms with van der Waals surface area (Å²) in [6.45, 7) is 0.862. The van der Waals surface area contributed by atoms with E-state index in [1.165, 1.54) is 4.90 Å². The molecule has 4 aromatic rings. The first-order valence-corrected chi connectivity index (χ1v) is 10.8. The number of pyridine rings is 1. The highest BCUT2D eigenvalue weighted by Gasteiger charge is 2.10. The Morgan fingerprint density at radius 2 is 1.90 bits per heavy atom. The van der Waals surface area contributed by atoms with Crippen LogP contribution in [-0.2, 0) is 0 Å². The minimum absolute atomic E-state index is 0.144. The summed E-state index contributed by atoms with van der Waals surface area (Å²) < 4.78 is 1.83. The average molecular weight is 419 g/mol. The monoisotopic (exact) mass is 418 g/mol. The van der Waals surface area contributed by atoms with Crippen molar-refractivity contribution in [1.82, 2.24) is 19.9 Å². The molecule has 0 atom stereocenters. The van der Waals surface area contributed by atoms with Gasteiger partial charge in [0.2, 0.25) is 5.95 Å². The van der Waals surface area contributed by atoms with Crippen molar-refractivity contribution in [2.24, 2.45) is 5.73 Å². The number of thioether (sulfide) groups is 1. The van der Waals surface area contributed by atoms with Gasteiger partial charge >= 0.3 is 0 Å². The van der Waals surface area contributed by atoms with E-state index in [1.54, 1.807) is 23.9 Å². The zero-order valence-electron chi connectivity index (χ0n) is 16.5. The van der Waals surface area contributed by atoms with Crippen LogP contribution in [0.25, 0.3) is 16.9 Å². The molecule has 4 rings (SSSR count). The lowest BCUT2D eigenvalue weighted by Crippen LogP contribution is -2.28. The van der Waals surface area contributed by atoms with Gasteiger partial charge in [-0.1, -0.05) is 18.2 Å². The number of nitrogens with zero attached hydrogens (tertiary/aromatic N) is 3. The largest absolute Gasteiger partial charge is 0.351 e. The second kappa shape index (κ2) is 8.98. The van der Waals surface area contributed by atoms with E-state index in [1.807, 2.05) is 40.9 Å². The summed E-state index contributed by atoms with van der Waals surface area (Å²) in [6, 6.07) is 21.4. The Hall–Kier alpha value is -3.36. The first-order valence-electron chi connectivity index (χ1n) is 9.53. The molecular formula is C22H22N6OS. The molecule has 0 aliphatic rings. The maximum Gasteiger partial charge on any atom is 0.251 e. The molecule has 0 bridgehead atoms. The molecule has 0 aliphatic heterocycles. The highest BCUT2D eigenvalue weighted by molar-refractivity contribution is 7.98. The summed E-state index contributed by atoms with van der Waals surface area (Å²) in [5.41, 5.74) is 9.59. The van der Waals surface area contributed by atoms with Gasteiger partial charge in [-0.25, -0.2) is 4.52 Å². The third-order valence-electron chi connectivity index (χ3n) is 4.56. The topological polar surface area (TPSA) is 97.3 Å². The summed E-state index contributed by atoms with van der Waals surface area (Å²) in [4.78, 5) is 17.8. The maximum atomic E-state index is 12.0. The van der Waals surface area contributed by atoms with E-state index in [2.05, 4.69) is 45.2 Å². The van der Waals surface area contributed by atoms with Gasteiger partial charge in [-0.05, 0) is 54.8 Å². The number of benzene rings is 2. The Labute approximate surface area is 178 Å². The van der Waals surface area contributed by atoms with E-state index in [4.69, 9.17) is 5.73 Å². The zero-order valence-corrected chi connectivity index (χ0v) is 17.3. The van der Waals surface area contributed by atoms with E-state index in [0.29, 0.717) is 24.6 Å². The molecule has 0 radical (unpaired) electrons. The first-order chi connectivity index (χ1) is 14.7. The van der Waals surface area contributed by atoms with E-state index in [0.717, 1.165) is 22.6 Å². The number of rotatable bonds is 7. The number of hydrogen-bond donors (Lipinski definition) is 3. The predicted molar refractivity (Wildman–Crippen MR) is 121 cm³/mol. The van der Waals surface area contributed by atoms with Crippen LogP contribution in [0.1, 0.15) is 10.4 Å². The minimum Gasteiger partial charge on any atom is -0.351 e. The highest BCUT2D eigenvalue weighted by atomic mass is 32.2. The summed E-state index contributed by atoms with van der Waals surface area (Å²) >= 11 is 1.71. The number of nitrogens with one attached hydrogen (secondary N) is 2. The molecule has 7 nitrogen and oxygen atoms in total. The number of carbonyl (C=O) groups excluding carboxylic acids is 1. The fraction of sp³-hybridized carbons (Fsp3) is 0.136. The molecule has 0 saturated carbocycles. The van der Waals surface area contributed by atoms with Crippen LogP contribution >= 0.6 is 11.8 Å². The lowest BCUT2D eigenvalue weighted by molar-refractivity contribution is 0.0955. The molecule has 2 aromatic heterocycles. The standard InChI is InChI=1S/C22H22N6OS/c1-30-18-5-2-4-16(14-18)19-6-3-7-20-26-22(27-28(19)20)25-17-10-8-15(9-11-17)21(29)24-13-12-23/h2-11,14H,12-13,23H2,1H3,(H,24,29)(H,25,27). The molecule has 0 saturated heterocycles. The van der Waals surface area contributed by atoms with E-state index in [-0.39, 0.29) is 5.91 Å². The van der Waals surface area contributed by atoms with E-state index < -0.39 is 0 Å². The molecule has 1 amide bonds. The van der Waals surface area contributed by atoms with Gasteiger partial charge in [0, 0.05) is 34.8 Å². The third-order valence-corrected chi connectivity index (χ3v) is 5.28. The van der Waals surface area contributed by atoms with Gasteiger partial charge in [-0.15, -0.1) is 16.9 Å². The van der Waals surface area contributed by atoms with E-state index >= 15 is 0 Å². The van der Waals surface area contributed by atoms with Gasteiger partial charge in [0.1, 0.15) is 0 Å². The summed E-state index contributed by atoms with van der Waals surface area (Å²) in [7, 11) is 0. The number of aromatic nitrogens is 3. The first kappa shape index (κ1) is 19.9. The average Bonchev–Trinajstić information content (AvgIpc) is 3.20. The van der Waals surface area contributed by atoms with Crippen molar-refractivity contribution in [3.05, 3.63) is 72.3 Å². The van der Waals surface area contributed by atoms with Crippen molar-refractivity contribution in [3.8, 4) is 11.3 Å².